The van der Waals surface area contributed by atoms with Crippen LogP contribution in [0.25, 0.3) is 21.9 Å². The smallest absolute Gasteiger partial charge is 0.208 e. The molecular weight excluding hydrogens is 370 g/mol. The van der Waals surface area contributed by atoms with Crippen LogP contribution in [0.4, 0.5) is 8.78 Å². The van der Waals surface area contributed by atoms with Crippen LogP contribution in [-0.4, -0.2) is 6.61 Å². The third-order valence-corrected chi connectivity index (χ3v) is 6.42. The Kier molecular flexibility index (Phi) is 6.07. The second kappa shape index (κ2) is 8.73. The van der Waals surface area contributed by atoms with E-state index in [2.05, 4.69) is 13.8 Å². The SMILES string of the molecule is CCCCOc1ccc2c(oc3c(F)c(C4CCC(CCC)CC4)ccc32)c1F. The summed E-state index contributed by atoms with van der Waals surface area (Å²) in [6, 6.07) is 7.14. The zero-order valence-corrected chi connectivity index (χ0v) is 17.4. The zero-order valence-electron chi connectivity index (χ0n) is 17.4. The molecule has 1 saturated carbocycles. The fourth-order valence-electron chi connectivity index (χ4n) is 4.76. The molecule has 0 N–H and O–H groups in total. The number of halogens is 2. The lowest BCUT2D eigenvalue weighted by Gasteiger charge is -2.28. The first kappa shape index (κ1) is 20.2. The molecule has 0 saturated heterocycles. The lowest BCUT2D eigenvalue weighted by molar-refractivity contribution is 0.294. The highest BCUT2D eigenvalue weighted by atomic mass is 19.1. The molecule has 29 heavy (non-hydrogen) atoms. The summed E-state index contributed by atoms with van der Waals surface area (Å²) >= 11 is 0. The van der Waals surface area contributed by atoms with Crippen LogP contribution in [0.5, 0.6) is 5.75 Å². The van der Waals surface area contributed by atoms with Gasteiger partial charge in [-0.2, -0.15) is 4.39 Å². The molecule has 1 heterocycles. The fraction of sp³-hybridized carbons (Fsp3) is 0.520. The van der Waals surface area contributed by atoms with Gasteiger partial charge in [-0.3, -0.25) is 0 Å². The second-order valence-corrected chi connectivity index (χ2v) is 8.41. The summed E-state index contributed by atoms with van der Waals surface area (Å²) < 4.78 is 41.5. The monoisotopic (exact) mass is 400 g/mol. The Hall–Kier alpha value is -2.10. The first-order chi connectivity index (χ1) is 14.1. The number of unbranched alkanes of at least 4 members (excludes halogenated alkanes) is 1. The molecule has 3 aromatic rings. The molecule has 156 valence electrons. The zero-order chi connectivity index (χ0) is 20.4. The second-order valence-electron chi connectivity index (χ2n) is 8.41. The summed E-state index contributed by atoms with van der Waals surface area (Å²) in [5, 5.41) is 1.22. The van der Waals surface area contributed by atoms with Gasteiger partial charge in [0.05, 0.1) is 6.61 Å². The summed E-state index contributed by atoms with van der Waals surface area (Å²) in [6.45, 7) is 4.73. The van der Waals surface area contributed by atoms with Crippen molar-refractivity contribution in [2.75, 3.05) is 6.61 Å². The van der Waals surface area contributed by atoms with Crippen molar-refractivity contribution in [3.05, 3.63) is 41.5 Å². The van der Waals surface area contributed by atoms with Gasteiger partial charge in [0.25, 0.3) is 0 Å². The Bertz CT molecular complexity index is 984. The molecule has 2 aromatic carbocycles. The van der Waals surface area contributed by atoms with Gasteiger partial charge in [-0.15, -0.1) is 0 Å². The van der Waals surface area contributed by atoms with Crippen molar-refractivity contribution in [1.82, 2.24) is 0 Å². The number of rotatable bonds is 7. The summed E-state index contributed by atoms with van der Waals surface area (Å²) in [5.74, 6) is 0.286. The maximum Gasteiger partial charge on any atom is 0.208 e. The highest BCUT2D eigenvalue weighted by Gasteiger charge is 2.26. The molecule has 0 aliphatic heterocycles. The number of fused-ring (bicyclic) bond motifs is 3. The maximum absolute atomic E-state index is 15.4. The molecule has 1 aliphatic carbocycles. The Morgan fingerprint density at radius 2 is 1.59 bits per heavy atom. The largest absolute Gasteiger partial charge is 0.490 e. The normalized spacial score (nSPS) is 19.9. The van der Waals surface area contributed by atoms with Crippen molar-refractivity contribution < 1.29 is 17.9 Å². The molecule has 0 radical (unpaired) electrons. The van der Waals surface area contributed by atoms with Crippen molar-refractivity contribution in [3.63, 3.8) is 0 Å². The first-order valence-corrected chi connectivity index (χ1v) is 11.1. The van der Waals surface area contributed by atoms with Gasteiger partial charge in [-0.25, -0.2) is 4.39 Å². The van der Waals surface area contributed by atoms with Crippen molar-refractivity contribution in [2.24, 2.45) is 5.92 Å². The van der Waals surface area contributed by atoms with Crippen molar-refractivity contribution >= 4 is 21.9 Å². The van der Waals surface area contributed by atoms with Gasteiger partial charge >= 0.3 is 0 Å². The minimum absolute atomic E-state index is 0.0803. The molecule has 4 rings (SSSR count). The molecule has 0 atom stereocenters. The lowest BCUT2D eigenvalue weighted by Crippen LogP contribution is -2.14. The molecule has 0 amide bonds. The van der Waals surface area contributed by atoms with Gasteiger partial charge in [0.2, 0.25) is 5.82 Å². The van der Waals surface area contributed by atoms with Gasteiger partial charge in [0.15, 0.2) is 22.7 Å². The molecule has 1 fully saturated rings. The van der Waals surface area contributed by atoms with E-state index in [9.17, 15) is 4.39 Å². The van der Waals surface area contributed by atoms with Gasteiger partial charge in [-0.1, -0.05) is 39.2 Å². The third-order valence-electron chi connectivity index (χ3n) is 6.42. The van der Waals surface area contributed by atoms with E-state index in [1.54, 1.807) is 12.1 Å². The highest BCUT2D eigenvalue weighted by molar-refractivity contribution is 6.05. The van der Waals surface area contributed by atoms with Crippen molar-refractivity contribution in [3.8, 4) is 5.75 Å². The van der Waals surface area contributed by atoms with Gasteiger partial charge in [0, 0.05) is 10.8 Å². The van der Waals surface area contributed by atoms with E-state index < -0.39 is 5.82 Å². The van der Waals surface area contributed by atoms with Crippen LogP contribution in [0.2, 0.25) is 0 Å². The van der Waals surface area contributed by atoms with E-state index in [-0.39, 0.29) is 28.7 Å². The Balaban J connectivity index is 1.65. The van der Waals surface area contributed by atoms with Crippen LogP contribution < -0.4 is 4.74 Å². The Morgan fingerprint density at radius 1 is 0.897 bits per heavy atom. The molecule has 0 bridgehead atoms. The molecule has 1 aliphatic rings. The molecule has 4 heteroatoms. The lowest BCUT2D eigenvalue weighted by atomic mass is 9.77. The predicted molar refractivity (Wildman–Crippen MR) is 114 cm³/mol. The van der Waals surface area contributed by atoms with Crippen LogP contribution in [0.3, 0.4) is 0 Å². The summed E-state index contributed by atoms with van der Waals surface area (Å²) in [7, 11) is 0. The first-order valence-electron chi connectivity index (χ1n) is 11.1. The molecular formula is C25H30F2O2. The van der Waals surface area contributed by atoms with E-state index >= 15 is 4.39 Å². The van der Waals surface area contributed by atoms with Crippen LogP contribution >= 0.6 is 0 Å². The van der Waals surface area contributed by atoms with E-state index in [4.69, 9.17) is 9.15 Å². The van der Waals surface area contributed by atoms with Gasteiger partial charge < -0.3 is 9.15 Å². The molecule has 1 aromatic heterocycles. The quantitative estimate of drug-likeness (QED) is 0.374. The summed E-state index contributed by atoms with van der Waals surface area (Å²) in [4.78, 5) is 0. The standard InChI is InChI=1S/C25H30F2O2/c1-3-5-15-28-21-14-13-20-19-12-11-18(17-9-7-16(6-4-2)8-10-17)22(26)24(19)29-25(20)23(21)27/h11-14,16-17H,3-10,15H2,1-2H3. The maximum atomic E-state index is 15.4. The van der Waals surface area contributed by atoms with Crippen LogP contribution in [0.15, 0.2) is 28.7 Å². The minimum Gasteiger partial charge on any atom is -0.490 e. The van der Waals surface area contributed by atoms with Crippen molar-refractivity contribution in [1.29, 1.82) is 0 Å². The Labute approximate surface area is 171 Å². The molecule has 2 nitrogen and oxygen atoms in total. The average molecular weight is 401 g/mol. The topological polar surface area (TPSA) is 22.4 Å². The van der Waals surface area contributed by atoms with E-state index in [1.807, 2.05) is 12.1 Å². The van der Waals surface area contributed by atoms with Crippen molar-refractivity contribution in [2.45, 2.75) is 71.1 Å². The fourth-order valence-corrected chi connectivity index (χ4v) is 4.76. The van der Waals surface area contributed by atoms with Gasteiger partial charge in [-0.05, 0) is 67.7 Å². The number of hydrogen-bond acceptors (Lipinski definition) is 2. The van der Waals surface area contributed by atoms with E-state index in [0.29, 0.717) is 22.9 Å². The number of hydrogen-bond donors (Lipinski definition) is 0. The third kappa shape index (κ3) is 3.86. The van der Waals surface area contributed by atoms with E-state index in [0.717, 1.165) is 44.4 Å². The number of ether oxygens (including phenoxy) is 1. The van der Waals surface area contributed by atoms with E-state index in [1.165, 1.54) is 12.8 Å². The van der Waals surface area contributed by atoms with Crippen LogP contribution in [-0.2, 0) is 0 Å². The highest BCUT2D eigenvalue weighted by Crippen LogP contribution is 2.42. The predicted octanol–water partition coefficient (Wildman–Crippen LogP) is 8.12. The summed E-state index contributed by atoms with van der Waals surface area (Å²) in [5.41, 5.74) is 0.959. The summed E-state index contributed by atoms with van der Waals surface area (Å²) in [6.07, 6.45) is 8.64. The van der Waals surface area contributed by atoms with Crippen LogP contribution in [0.1, 0.15) is 76.7 Å². The molecule has 0 unspecified atom stereocenters. The average Bonchev–Trinajstić information content (AvgIpc) is 3.12. The minimum atomic E-state index is -0.546. The number of furan rings is 1. The van der Waals surface area contributed by atoms with Crippen LogP contribution in [0, 0.1) is 17.6 Å². The molecule has 0 spiro atoms. The van der Waals surface area contributed by atoms with Gasteiger partial charge in [0.1, 0.15) is 0 Å². The Morgan fingerprint density at radius 3 is 2.28 bits per heavy atom. The number of benzene rings is 2.